The highest BCUT2D eigenvalue weighted by Gasteiger charge is 2.42. The summed E-state index contributed by atoms with van der Waals surface area (Å²) in [7, 11) is 0. The fourth-order valence-electron chi connectivity index (χ4n) is 4.63. The highest BCUT2D eigenvalue weighted by atomic mass is 79.9. The van der Waals surface area contributed by atoms with Gasteiger partial charge in [0.25, 0.3) is 0 Å². The van der Waals surface area contributed by atoms with Crippen molar-refractivity contribution in [3.63, 3.8) is 0 Å². The minimum Gasteiger partial charge on any atom is -0.465 e. The average molecular weight is 491 g/mol. The first kappa shape index (κ1) is 21.8. The number of carboxylic acid groups (broad SMARTS) is 1. The van der Waals surface area contributed by atoms with Crippen LogP contribution >= 0.6 is 15.9 Å². The number of carbonyl (C=O) groups excluding carboxylic acids is 1. The van der Waals surface area contributed by atoms with Crippen LogP contribution in [0.5, 0.6) is 0 Å². The van der Waals surface area contributed by atoms with E-state index in [1.165, 1.54) is 0 Å². The lowest BCUT2D eigenvalue weighted by Crippen LogP contribution is -2.54. The minimum absolute atomic E-state index is 0.0108. The van der Waals surface area contributed by atoms with Gasteiger partial charge in [-0.3, -0.25) is 4.79 Å². The van der Waals surface area contributed by atoms with Crippen molar-refractivity contribution >= 4 is 27.9 Å². The van der Waals surface area contributed by atoms with Crippen molar-refractivity contribution in [1.29, 1.82) is 0 Å². The van der Waals surface area contributed by atoms with Crippen LogP contribution in [-0.2, 0) is 9.53 Å². The number of amides is 2. The second-order valence-corrected chi connectivity index (χ2v) is 9.17. The van der Waals surface area contributed by atoms with E-state index in [9.17, 15) is 14.7 Å². The second-order valence-electron chi connectivity index (χ2n) is 8.25. The predicted octanol–water partition coefficient (Wildman–Crippen LogP) is 3.95. The van der Waals surface area contributed by atoms with Crippen molar-refractivity contribution in [2.75, 3.05) is 13.2 Å². The summed E-state index contributed by atoms with van der Waals surface area (Å²) in [6, 6.07) is 6.98. The molecule has 31 heavy (non-hydrogen) atoms. The van der Waals surface area contributed by atoms with Crippen LogP contribution in [0.15, 0.2) is 34.9 Å². The fourth-order valence-corrected chi connectivity index (χ4v) is 4.89. The quantitative estimate of drug-likeness (QED) is 0.587. The molecule has 0 bridgehead atoms. The van der Waals surface area contributed by atoms with Crippen LogP contribution in [-0.4, -0.2) is 57.3 Å². The van der Waals surface area contributed by atoms with Gasteiger partial charge in [-0.25, -0.2) is 9.78 Å². The molecule has 166 valence electrons. The van der Waals surface area contributed by atoms with Gasteiger partial charge in [-0.1, -0.05) is 28.1 Å². The summed E-state index contributed by atoms with van der Waals surface area (Å²) in [4.78, 5) is 34.8. The Morgan fingerprint density at radius 3 is 2.61 bits per heavy atom. The highest BCUT2D eigenvalue weighted by Crippen LogP contribution is 2.37. The maximum absolute atomic E-state index is 13.6. The molecule has 0 radical (unpaired) electrons. The molecule has 1 aromatic heterocycles. The van der Waals surface area contributed by atoms with E-state index < -0.39 is 12.1 Å². The van der Waals surface area contributed by atoms with E-state index in [-0.39, 0.29) is 23.9 Å². The second kappa shape index (κ2) is 9.40. The summed E-state index contributed by atoms with van der Waals surface area (Å²) in [5.74, 6) is 0.489. The van der Waals surface area contributed by atoms with E-state index in [2.05, 4.69) is 31.2 Å². The zero-order valence-electron chi connectivity index (χ0n) is 17.4. The van der Waals surface area contributed by atoms with Crippen molar-refractivity contribution in [2.45, 2.75) is 50.7 Å². The first-order chi connectivity index (χ1) is 14.9. The van der Waals surface area contributed by atoms with Gasteiger partial charge in [0.05, 0.1) is 17.9 Å². The van der Waals surface area contributed by atoms with E-state index in [0.29, 0.717) is 26.1 Å². The Morgan fingerprint density at radius 2 is 1.94 bits per heavy atom. The van der Waals surface area contributed by atoms with Crippen LogP contribution in [0.3, 0.4) is 0 Å². The summed E-state index contributed by atoms with van der Waals surface area (Å²) in [6.45, 7) is 3.10. The number of rotatable bonds is 5. The van der Waals surface area contributed by atoms with Crippen LogP contribution in [0.4, 0.5) is 4.79 Å². The van der Waals surface area contributed by atoms with Gasteiger partial charge in [0.1, 0.15) is 11.9 Å². The van der Waals surface area contributed by atoms with Crippen molar-refractivity contribution < 1.29 is 19.4 Å². The Labute approximate surface area is 189 Å². The van der Waals surface area contributed by atoms with Crippen LogP contribution in [0.25, 0.3) is 11.3 Å². The number of benzene rings is 1. The molecular weight excluding hydrogens is 464 g/mol. The number of nitrogens with zero attached hydrogens (tertiary/aromatic N) is 2. The molecule has 2 saturated heterocycles. The number of ether oxygens (including phenoxy) is 1. The number of hydrogen-bond acceptors (Lipinski definition) is 4. The smallest absolute Gasteiger partial charge is 0.405 e. The molecule has 9 heteroatoms. The molecule has 3 heterocycles. The molecule has 1 aromatic carbocycles. The molecule has 3 N–H and O–H groups in total. The van der Waals surface area contributed by atoms with Gasteiger partial charge in [0, 0.05) is 23.7 Å². The molecule has 0 saturated carbocycles. The Morgan fingerprint density at radius 1 is 1.23 bits per heavy atom. The number of aromatic nitrogens is 2. The molecule has 8 nitrogen and oxygen atoms in total. The number of carbonyl (C=O) groups is 2. The normalized spacial score (nSPS) is 23.0. The lowest BCUT2D eigenvalue weighted by atomic mass is 9.90. The van der Waals surface area contributed by atoms with Crippen LogP contribution in [0.2, 0.25) is 0 Å². The molecule has 2 aromatic rings. The lowest BCUT2D eigenvalue weighted by Gasteiger charge is -2.35. The van der Waals surface area contributed by atoms with Gasteiger partial charge in [-0.05, 0) is 56.2 Å². The number of aromatic amines is 1. The topological polar surface area (TPSA) is 108 Å². The molecule has 2 fully saturated rings. The van der Waals surface area contributed by atoms with E-state index in [1.54, 1.807) is 6.20 Å². The Balaban J connectivity index is 1.58. The van der Waals surface area contributed by atoms with Gasteiger partial charge in [-0.2, -0.15) is 0 Å². The molecule has 2 aliphatic rings. The Hall–Kier alpha value is -2.39. The maximum atomic E-state index is 13.6. The number of nitrogens with one attached hydrogen (secondary N) is 2. The summed E-state index contributed by atoms with van der Waals surface area (Å²) in [6.07, 6.45) is 3.57. The highest BCUT2D eigenvalue weighted by molar-refractivity contribution is 9.10. The molecular formula is C22H27BrN4O4. The van der Waals surface area contributed by atoms with Gasteiger partial charge in [0.15, 0.2) is 0 Å². The first-order valence-corrected chi connectivity index (χ1v) is 11.4. The monoisotopic (exact) mass is 490 g/mol. The molecule has 0 aliphatic carbocycles. The molecule has 2 amide bonds. The molecule has 2 aliphatic heterocycles. The summed E-state index contributed by atoms with van der Waals surface area (Å²) >= 11 is 3.45. The first-order valence-electron chi connectivity index (χ1n) is 10.6. The summed E-state index contributed by atoms with van der Waals surface area (Å²) < 4.78 is 6.41. The molecule has 2 unspecified atom stereocenters. The predicted molar refractivity (Wildman–Crippen MR) is 118 cm³/mol. The van der Waals surface area contributed by atoms with E-state index in [1.807, 2.05) is 36.1 Å². The van der Waals surface area contributed by atoms with Crippen molar-refractivity contribution in [3.05, 3.63) is 40.8 Å². The van der Waals surface area contributed by atoms with Crippen LogP contribution in [0.1, 0.15) is 44.5 Å². The van der Waals surface area contributed by atoms with Crippen molar-refractivity contribution in [3.8, 4) is 11.3 Å². The van der Waals surface area contributed by atoms with E-state index in [0.717, 1.165) is 34.4 Å². The van der Waals surface area contributed by atoms with Crippen LogP contribution < -0.4 is 5.32 Å². The molecule has 0 spiro atoms. The molecule has 4 rings (SSSR count). The van der Waals surface area contributed by atoms with Gasteiger partial charge < -0.3 is 25.0 Å². The minimum atomic E-state index is -1.18. The average Bonchev–Trinajstić information content (AvgIpc) is 3.39. The maximum Gasteiger partial charge on any atom is 0.405 e. The zero-order valence-corrected chi connectivity index (χ0v) is 19.0. The third-order valence-electron chi connectivity index (χ3n) is 6.27. The van der Waals surface area contributed by atoms with Crippen molar-refractivity contribution in [2.24, 2.45) is 5.92 Å². The van der Waals surface area contributed by atoms with Crippen LogP contribution in [0, 0.1) is 5.92 Å². The lowest BCUT2D eigenvalue weighted by molar-refractivity contribution is -0.138. The Bertz CT molecular complexity index is 926. The van der Waals surface area contributed by atoms with E-state index in [4.69, 9.17) is 4.74 Å². The zero-order chi connectivity index (χ0) is 22.0. The number of H-pyrrole nitrogens is 1. The van der Waals surface area contributed by atoms with Gasteiger partial charge in [0.2, 0.25) is 5.91 Å². The van der Waals surface area contributed by atoms with Crippen molar-refractivity contribution in [1.82, 2.24) is 20.2 Å². The SMILES string of the molecule is CC1CCC(c2ncc(-c3ccc(Br)cc3)[nH]2)N1C(=O)[C@@H](NC(=O)O)C1CCOCC1. The standard InChI is InChI=1S/C22H27BrN4O4/c1-13-2-7-18(20-24-12-17(25-20)14-3-5-16(23)6-4-14)27(13)21(28)19(26-22(29)30)15-8-10-31-11-9-15/h3-6,12-13,15,18-19,26H,2,7-11H2,1H3,(H,24,25)(H,29,30)/t13?,18?,19-/m0/s1. The number of likely N-dealkylation sites (tertiary alicyclic amines) is 1. The number of hydrogen-bond donors (Lipinski definition) is 3. The third kappa shape index (κ3) is 4.77. The van der Waals surface area contributed by atoms with Gasteiger partial charge >= 0.3 is 6.09 Å². The largest absolute Gasteiger partial charge is 0.465 e. The fraction of sp³-hybridized carbons (Fsp3) is 0.500. The number of imidazole rings is 1. The summed E-state index contributed by atoms with van der Waals surface area (Å²) in [5.41, 5.74) is 1.90. The number of halogens is 1. The summed E-state index contributed by atoms with van der Waals surface area (Å²) in [5, 5.41) is 11.9. The third-order valence-corrected chi connectivity index (χ3v) is 6.80. The Kier molecular flexibility index (Phi) is 6.62. The van der Waals surface area contributed by atoms with Gasteiger partial charge in [-0.15, -0.1) is 0 Å². The van der Waals surface area contributed by atoms with E-state index >= 15 is 0 Å². The molecule has 3 atom stereocenters.